The van der Waals surface area contributed by atoms with Crippen molar-refractivity contribution in [3.63, 3.8) is 0 Å². The van der Waals surface area contributed by atoms with Gasteiger partial charge >= 0.3 is 0 Å². The van der Waals surface area contributed by atoms with Crippen LogP contribution in [0.25, 0.3) is 0 Å². The van der Waals surface area contributed by atoms with Gasteiger partial charge in [0.15, 0.2) is 6.61 Å². The van der Waals surface area contributed by atoms with Gasteiger partial charge in [0.1, 0.15) is 11.5 Å². The largest absolute Gasteiger partial charge is 0.484 e. The summed E-state index contributed by atoms with van der Waals surface area (Å²) in [4.78, 5) is 25.8. The third kappa shape index (κ3) is 3.68. The fraction of sp³-hybridized carbons (Fsp3) is 0.368. The predicted octanol–water partition coefficient (Wildman–Crippen LogP) is 2.73. The minimum Gasteiger partial charge on any atom is -0.484 e. The maximum absolute atomic E-state index is 12.6. The molecular weight excluding hydrogens is 320 g/mol. The number of rotatable bonds is 6. The molecule has 0 saturated heterocycles. The molecule has 1 N–H and O–H groups in total. The third-order valence-electron chi connectivity index (χ3n) is 4.55. The molecule has 0 bridgehead atoms. The minimum atomic E-state index is -0.0371. The topological polar surface area (TPSA) is 71.8 Å². The van der Waals surface area contributed by atoms with Crippen LogP contribution in [0.1, 0.15) is 30.6 Å². The molecule has 6 nitrogen and oxygen atoms in total. The molecule has 1 fully saturated rings. The van der Waals surface area contributed by atoms with Gasteiger partial charge in [0.25, 0.3) is 5.91 Å². The van der Waals surface area contributed by atoms with Crippen LogP contribution < -0.4 is 10.1 Å². The summed E-state index contributed by atoms with van der Waals surface area (Å²) < 4.78 is 11.1. The Balaban J connectivity index is 1.38. The number of anilines is 1. The first-order valence-corrected chi connectivity index (χ1v) is 8.56. The van der Waals surface area contributed by atoms with E-state index < -0.39 is 0 Å². The van der Waals surface area contributed by atoms with Crippen LogP contribution in [-0.4, -0.2) is 29.4 Å². The van der Waals surface area contributed by atoms with Crippen LogP contribution in [0.5, 0.6) is 5.75 Å². The lowest BCUT2D eigenvalue weighted by molar-refractivity contribution is -0.134. The standard InChI is InChI=1S/C19H20N2O4/c22-18-8-3-13-10-15(6-7-17(13)20-18)25-12-19(23)21(14-4-5-14)11-16-2-1-9-24-16/h1-2,6-7,9-10,14H,3-5,8,11-12H2,(H,20,22). The minimum absolute atomic E-state index is 0.00234. The fourth-order valence-corrected chi connectivity index (χ4v) is 3.06. The summed E-state index contributed by atoms with van der Waals surface area (Å²) in [5.41, 5.74) is 1.87. The molecule has 1 aliphatic carbocycles. The Morgan fingerprint density at radius 2 is 2.16 bits per heavy atom. The number of hydrogen-bond donors (Lipinski definition) is 1. The van der Waals surface area contributed by atoms with Gasteiger partial charge in [-0.15, -0.1) is 0 Å². The number of furan rings is 1. The van der Waals surface area contributed by atoms with Gasteiger partial charge in [0.2, 0.25) is 5.91 Å². The molecule has 1 aromatic carbocycles. The lowest BCUT2D eigenvalue weighted by Crippen LogP contribution is -2.36. The molecule has 2 heterocycles. The fourth-order valence-electron chi connectivity index (χ4n) is 3.06. The van der Waals surface area contributed by atoms with E-state index in [1.165, 1.54) is 0 Å². The lowest BCUT2D eigenvalue weighted by Gasteiger charge is -2.22. The molecule has 1 aliphatic heterocycles. The molecule has 4 rings (SSSR count). The highest BCUT2D eigenvalue weighted by Gasteiger charge is 2.33. The van der Waals surface area contributed by atoms with Crippen molar-refractivity contribution >= 4 is 17.5 Å². The summed E-state index contributed by atoms with van der Waals surface area (Å²) in [5, 5.41) is 2.84. The van der Waals surface area contributed by atoms with Gasteiger partial charge in [-0.1, -0.05) is 0 Å². The Bertz CT molecular complexity index is 781. The number of nitrogens with one attached hydrogen (secondary N) is 1. The van der Waals surface area contributed by atoms with Crippen molar-refractivity contribution < 1.29 is 18.7 Å². The molecule has 0 radical (unpaired) electrons. The van der Waals surface area contributed by atoms with Crippen LogP contribution in [-0.2, 0) is 22.6 Å². The Morgan fingerprint density at radius 3 is 2.92 bits per heavy atom. The SMILES string of the molecule is O=C1CCc2cc(OCC(=O)N(Cc3ccco3)C3CC3)ccc2N1. The lowest BCUT2D eigenvalue weighted by atomic mass is 10.0. The van der Waals surface area contributed by atoms with Crippen molar-refractivity contribution in [2.24, 2.45) is 0 Å². The first-order valence-electron chi connectivity index (χ1n) is 8.56. The van der Waals surface area contributed by atoms with Crippen molar-refractivity contribution in [2.45, 2.75) is 38.3 Å². The number of hydrogen-bond acceptors (Lipinski definition) is 4. The van der Waals surface area contributed by atoms with E-state index in [0.29, 0.717) is 31.2 Å². The zero-order valence-electron chi connectivity index (χ0n) is 13.9. The summed E-state index contributed by atoms with van der Waals surface area (Å²) in [6, 6.07) is 9.50. The third-order valence-corrected chi connectivity index (χ3v) is 4.55. The van der Waals surface area contributed by atoms with Crippen molar-refractivity contribution in [3.8, 4) is 5.75 Å². The highest BCUT2D eigenvalue weighted by atomic mass is 16.5. The normalized spacial score (nSPS) is 16.1. The zero-order valence-corrected chi connectivity index (χ0v) is 13.9. The number of benzene rings is 1. The number of carbonyl (C=O) groups is 2. The molecular formula is C19H20N2O4. The number of aryl methyl sites for hydroxylation is 1. The first-order chi connectivity index (χ1) is 12.2. The number of amides is 2. The second-order valence-corrected chi connectivity index (χ2v) is 6.49. The first kappa shape index (κ1) is 15.7. The van der Waals surface area contributed by atoms with Crippen LogP contribution in [0.3, 0.4) is 0 Å². The molecule has 130 valence electrons. The van der Waals surface area contributed by atoms with Gasteiger partial charge in [-0.05, 0) is 55.2 Å². The van der Waals surface area contributed by atoms with Crippen LogP contribution in [0.4, 0.5) is 5.69 Å². The molecule has 2 aromatic rings. The van der Waals surface area contributed by atoms with Gasteiger partial charge in [-0.25, -0.2) is 0 Å². The Labute approximate surface area is 145 Å². The molecule has 0 unspecified atom stereocenters. The molecule has 0 spiro atoms. The monoisotopic (exact) mass is 340 g/mol. The Morgan fingerprint density at radius 1 is 1.28 bits per heavy atom. The number of fused-ring (bicyclic) bond motifs is 1. The van der Waals surface area contributed by atoms with Crippen molar-refractivity contribution in [3.05, 3.63) is 47.9 Å². The molecule has 2 amide bonds. The summed E-state index contributed by atoms with van der Waals surface area (Å²) in [6.45, 7) is 0.485. The number of carbonyl (C=O) groups excluding carboxylic acids is 2. The van der Waals surface area contributed by atoms with Crippen molar-refractivity contribution in [1.29, 1.82) is 0 Å². The molecule has 1 aromatic heterocycles. The zero-order chi connectivity index (χ0) is 17.2. The second-order valence-electron chi connectivity index (χ2n) is 6.49. The van der Waals surface area contributed by atoms with E-state index in [-0.39, 0.29) is 18.4 Å². The molecule has 0 atom stereocenters. The van der Waals surface area contributed by atoms with E-state index in [4.69, 9.17) is 9.15 Å². The van der Waals surface area contributed by atoms with Crippen molar-refractivity contribution in [1.82, 2.24) is 4.90 Å². The maximum Gasteiger partial charge on any atom is 0.261 e. The predicted molar refractivity (Wildman–Crippen MR) is 91.2 cm³/mol. The molecule has 2 aliphatic rings. The van der Waals surface area contributed by atoms with E-state index in [0.717, 1.165) is 29.9 Å². The van der Waals surface area contributed by atoms with Gasteiger partial charge in [-0.2, -0.15) is 0 Å². The van der Waals surface area contributed by atoms with E-state index in [1.54, 1.807) is 12.3 Å². The van der Waals surface area contributed by atoms with Crippen LogP contribution in [0.2, 0.25) is 0 Å². The van der Waals surface area contributed by atoms with Crippen LogP contribution in [0.15, 0.2) is 41.0 Å². The quantitative estimate of drug-likeness (QED) is 0.878. The second kappa shape index (κ2) is 6.63. The Kier molecular flexibility index (Phi) is 4.17. The summed E-state index contributed by atoms with van der Waals surface area (Å²) in [7, 11) is 0. The average molecular weight is 340 g/mol. The molecule has 6 heteroatoms. The summed E-state index contributed by atoms with van der Waals surface area (Å²) >= 11 is 0. The van der Waals surface area contributed by atoms with Gasteiger partial charge in [0, 0.05) is 18.2 Å². The van der Waals surface area contributed by atoms with E-state index >= 15 is 0 Å². The van der Waals surface area contributed by atoms with Crippen LogP contribution >= 0.6 is 0 Å². The number of ether oxygens (including phenoxy) is 1. The molecule has 1 saturated carbocycles. The van der Waals surface area contributed by atoms with Crippen molar-refractivity contribution in [2.75, 3.05) is 11.9 Å². The van der Waals surface area contributed by atoms with Gasteiger partial charge in [-0.3, -0.25) is 9.59 Å². The van der Waals surface area contributed by atoms with E-state index in [1.807, 2.05) is 29.2 Å². The van der Waals surface area contributed by atoms with Gasteiger partial charge < -0.3 is 19.4 Å². The van der Waals surface area contributed by atoms with Gasteiger partial charge in [0.05, 0.1) is 12.8 Å². The van der Waals surface area contributed by atoms with Crippen LogP contribution in [0, 0.1) is 0 Å². The van der Waals surface area contributed by atoms with E-state index in [2.05, 4.69) is 5.32 Å². The highest BCUT2D eigenvalue weighted by Crippen LogP contribution is 2.29. The highest BCUT2D eigenvalue weighted by molar-refractivity contribution is 5.94. The summed E-state index contributed by atoms with van der Waals surface area (Å²) in [5.74, 6) is 1.43. The summed E-state index contributed by atoms with van der Waals surface area (Å²) in [6.07, 6.45) is 4.86. The smallest absolute Gasteiger partial charge is 0.261 e. The average Bonchev–Trinajstić information content (AvgIpc) is 3.33. The maximum atomic E-state index is 12.6. The number of nitrogens with zero attached hydrogens (tertiary/aromatic N) is 1. The Hall–Kier alpha value is -2.76. The van der Waals surface area contributed by atoms with E-state index in [9.17, 15) is 9.59 Å². The molecule has 25 heavy (non-hydrogen) atoms.